The first-order valence-electron chi connectivity index (χ1n) is 11.7. The zero-order valence-corrected chi connectivity index (χ0v) is 20.3. The van der Waals surface area contributed by atoms with Crippen LogP contribution in [0.3, 0.4) is 0 Å². The number of hydrogen-bond donors (Lipinski definition) is 4. The Hall–Kier alpha value is -3.61. The molecule has 1 aliphatic heterocycles. The Morgan fingerprint density at radius 1 is 1.22 bits per heavy atom. The van der Waals surface area contributed by atoms with Gasteiger partial charge in [-0.05, 0) is 51.9 Å². The predicted octanol–water partition coefficient (Wildman–Crippen LogP) is 2.66. The van der Waals surface area contributed by atoms with Gasteiger partial charge in [-0.25, -0.2) is 19.6 Å². The van der Waals surface area contributed by atoms with E-state index in [1.54, 1.807) is 32.3 Å². The zero-order chi connectivity index (χ0) is 25.8. The van der Waals surface area contributed by atoms with E-state index >= 15 is 0 Å². The lowest BCUT2D eigenvalue weighted by molar-refractivity contribution is 0.0636. The Morgan fingerprint density at radius 3 is 2.67 bits per heavy atom. The van der Waals surface area contributed by atoms with Gasteiger partial charge in [-0.15, -0.1) is 0 Å². The molecule has 1 fully saturated rings. The maximum atomic E-state index is 15.0. The minimum absolute atomic E-state index is 0.0681. The van der Waals surface area contributed by atoms with E-state index in [1.165, 1.54) is 12.1 Å². The van der Waals surface area contributed by atoms with Gasteiger partial charge in [-0.1, -0.05) is 6.07 Å². The second-order valence-electron chi connectivity index (χ2n) is 8.90. The highest BCUT2D eigenvalue weighted by Crippen LogP contribution is 2.28. The van der Waals surface area contributed by atoms with Crippen LogP contribution in [0.25, 0.3) is 11.1 Å². The number of benzene rings is 1. The van der Waals surface area contributed by atoms with Crippen LogP contribution < -0.4 is 27.7 Å². The summed E-state index contributed by atoms with van der Waals surface area (Å²) in [4.78, 5) is 4.24. The third-order valence-electron chi connectivity index (χ3n) is 6.10. The lowest BCUT2D eigenvalue weighted by Gasteiger charge is -2.23. The number of nitrogens with one attached hydrogen (secondary N) is 1. The van der Waals surface area contributed by atoms with Gasteiger partial charge < -0.3 is 21.6 Å². The molecule has 0 bridgehead atoms. The van der Waals surface area contributed by atoms with Crippen molar-refractivity contribution in [2.75, 3.05) is 23.8 Å². The fraction of sp³-hybridized carbons (Fsp3) is 0.375. The van der Waals surface area contributed by atoms with Crippen LogP contribution in [0.5, 0.6) is 0 Å². The van der Waals surface area contributed by atoms with Crippen LogP contribution in [0.15, 0.2) is 41.9 Å². The standard InChI is InChI=1S/C24H31F2N9O/c1-14(2)36-13-15-3-4-20(22(26)21(15)25)35(29)24(33-28)19-9-16(10-31-23(19)27)17-11-32-34(12-17)18-5-7-30-8-6-18/h3-4,9-12,14,18,30H,5-8,13,28-29H2,1-2H3,(H2,27,31)/b33-24-. The monoisotopic (exact) mass is 499 g/mol. The third kappa shape index (κ3) is 5.30. The number of piperidine rings is 1. The van der Waals surface area contributed by atoms with E-state index in [4.69, 9.17) is 22.2 Å². The minimum Gasteiger partial charge on any atom is -0.383 e. The Kier molecular flexibility index (Phi) is 7.77. The van der Waals surface area contributed by atoms with Gasteiger partial charge in [-0.3, -0.25) is 9.69 Å². The number of nitrogens with two attached hydrogens (primary N) is 3. The summed E-state index contributed by atoms with van der Waals surface area (Å²) >= 11 is 0. The lowest BCUT2D eigenvalue weighted by Crippen LogP contribution is -2.40. The van der Waals surface area contributed by atoms with E-state index in [2.05, 4.69) is 20.5 Å². The number of aromatic nitrogens is 3. The predicted molar refractivity (Wildman–Crippen MR) is 135 cm³/mol. The molecule has 192 valence electrons. The summed E-state index contributed by atoms with van der Waals surface area (Å²) in [6, 6.07) is 4.74. The average molecular weight is 500 g/mol. The number of anilines is 2. The highest BCUT2D eigenvalue weighted by molar-refractivity contribution is 6.12. The van der Waals surface area contributed by atoms with Crippen LogP contribution in [0.1, 0.15) is 43.9 Å². The molecule has 0 unspecified atom stereocenters. The summed E-state index contributed by atoms with van der Waals surface area (Å²) < 4.78 is 37.0. The van der Waals surface area contributed by atoms with Crippen molar-refractivity contribution in [2.24, 2.45) is 16.8 Å². The maximum Gasteiger partial charge on any atom is 0.184 e. The van der Waals surface area contributed by atoms with Crippen LogP contribution in [-0.4, -0.2) is 39.8 Å². The number of pyridine rings is 1. The molecule has 0 atom stereocenters. The van der Waals surface area contributed by atoms with Gasteiger partial charge in [-0.2, -0.15) is 10.2 Å². The maximum absolute atomic E-state index is 15.0. The highest BCUT2D eigenvalue weighted by atomic mass is 19.2. The molecule has 0 aliphatic carbocycles. The summed E-state index contributed by atoms with van der Waals surface area (Å²) in [6.07, 6.45) is 7.13. The molecular weight excluding hydrogens is 468 g/mol. The SMILES string of the molecule is CC(C)OCc1ccc(N(N)/C(=N\N)c2cc(-c3cnn(C4CCNCC4)c3)cnc2N)c(F)c1F. The molecule has 1 aromatic carbocycles. The smallest absolute Gasteiger partial charge is 0.184 e. The van der Waals surface area contributed by atoms with Crippen molar-refractivity contribution < 1.29 is 13.5 Å². The number of hydrazone groups is 1. The molecular formula is C24H31F2N9O. The van der Waals surface area contributed by atoms with Crippen molar-refractivity contribution in [3.8, 4) is 11.1 Å². The first kappa shape index (κ1) is 25.5. The largest absolute Gasteiger partial charge is 0.383 e. The molecule has 0 amide bonds. The number of nitrogen functional groups attached to an aromatic ring is 1. The van der Waals surface area contributed by atoms with Gasteiger partial charge in [0.25, 0.3) is 0 Å². The van der Waals surface area contributed by atoms with E-state index < -0.39 is 11.6 Å². The molecule has 7 N–H and O–H groups in total. The topological polar surface area (TPSA) is 146 Å². The molecule has 12 heteroatoms. The van der Waals surface area contributed by atoms with E-state index in [9.17, 15) is 8.78 Å². The fourth-order valence-electron chi connectivity index (χ4n) is 4.08. The van der Waals surface area contributed by atoms with Crippen molar-refractivity contribution in [2.45, 2.75) is 45.4 Å². The number of amidine groups is 1. The second kappa shape index (κ2) is 11.0. The molecule has 0 saturated carbocycles. The number of halogens is 2. The molecule has 2 aromatic heterocycles. The molecule has 36 heavy (non-hydrogen) atoms. The number of hydrazine groups is 1. The molecule has 3 heterocycles. The molecule has 1 saturated heterocycles. The Bertz CT molecular complexity index is 1240. The molecule has 10 nitrogen and oxygen atoms in total. The van der Waals surface area contributed by atoms with E-state index in [0.717, 1.165) is 36.5 Å². The van der Waals surface area contributed by atoms with E-state index in [-0.39, 0.29) is 41.2 Å². The first-order valence-corrected chi connectivity index (χ1v) is 11.7. The Labute approximate surface area is 208 Å². The number of ether oxygens (including phenoxy) is 1. The Balaban J connectivity index is 1.62. The summed E-state index contributed by atoms with van der Waals surface area (Å²) in [6.45, 7) is 5.42. The third-order valence-corrected chi connectivity index (χ3v) is 6.10. The van der Waals surface area contributed by atoms with E-state index in [1.807, 2.05) is 10.9 Å². The van der Waals surface area contributed by atoms with Crippen molar-refractivity contribution in [1.82, 2.24) is 20.1 Å². The van der Waals surface area contributed by atoms with Crippen molar-refractivity contribution in [3.63, 3.8) is 0 Å². The average Bonchev–Trinajstić information content (AvgIpc) is 3.37. The minimum atomic E-state index is -1.16. The summed E-state index contributed by atoms with van der Waals surface area (Å²) in [7, 11) is 0. The van der Waals surface area contributed by atoms with Crippen LogP contribution in [-0.2, 0) is 11.3 Å². The summed E-state index contributed by atoms with van der Waals surface area (Å²) in [5.74, 6) is 9.55. The van der Waals surface area contributed by atoms with Gasteiger partial charge in [0.2, 0.25) is 0 Å². The fourth-order valence-corrected chi connectivity index (χ4v) is 4.08. The van der Waals surface area contributed by atoms with Crippen molar-refractivity contribution in [1.29, 1.82) is 0 Å². The van der Waals surface area contributed by atoms with Gasteiger partial charge in [0.1, 0.15) is 5.82 Å². The van der Waals surface area contributed by atoms with Gasteiger partial charge >= 0.3 is 0 Å². The van der Waals surface area contributed by atoms with Gasteiger partial charge in [0.15, 0.2) is 17.5 Å². The highest BCUT2D eigenvalue weighted by Gasteiger charge is 2.24. The van der Waals surface area contributed by atoms with Crippen LogP contribution in [0, 0.1) is 11.6 Å². The molecule has 0 radical (unpaired) electrons. The first-order chi connectivity index (χ1) is 17.3. The van der Waals surface area contributed by atoms with Crippen molar-refractivity contribution >= 4 is 17.3 Å². The van der Waals surface area contributed by atoms with Gasteiger partial charge in [0, 0.05) is 29.1 Å². The molecule has 0 spiro atoms. The van der Waals surface area contributed by atoms with Crippen molar-refractivity contribution in [3.05, 3.63) is 59.6 Å². The molecule has 1 aliphatic rings. The summed E-state index contributed by atoms with van der Waals surface area (Å²) in [5.41, 5.74) is 7.67. The molecule has 4 rings (SSSR count). The zero-order valence-electron chi connectivity index (χ0n) is 20.3. The summed E-state index contributed by atoms with van der Waals surface area (Å²) in [5, 5.41) is 12.4. The number of nitrogens with zero attached hydrogens (tertiary/aromatic N) is 5. The lowest BCUT2D eigenvalue weighted by atomic mass is 10.1. The van der Waals surface area contributed by atoms with E-state index in [0.29, 0.717) is 11.6 Å². The Morgan fingerprint density at radius 2 is 1.97 bits per heavy atom. The number of rotatable bonds is 7. The quantitative estimate of drug-likeness (QED) is 0.168. The van der Waals surface area contributed by atoms with Crippen LogP contribution in [0.2, 0.25) is 0 Å². The van der Waals surface area contributed by atoms with Crippen LogP contribution >= 0.6 is 0 Å². The molecule has 3 aromatic rings. The van der Waals surface area contributed by atoms with Crippen LogP contribution in [0.4, 0.5) is 20.3 Å². The number of hydrogen-bond acceptors (Lipinski definition) is 8. The normalized spacial score (nSPS) is 15.0. The second-order valence-corrected chi connectivity index (χ2v) is 8.90. The van der Waals surface area contributed by atoms with Gasteiger partial charge in [0.05, 0.1) is 36.2 Å².